The van der Waals surface area contributed by atoms with Crippen LogP contribution in [0.4, 0.5) is 0 Å². The Labute approximate surface area is 147 Å². The van der Waals surface area contributed by atoms with Gasteiger partial charge in [-0.15, -0.1) is 0 Å². The van der Waals surface area contributed by atoms with Crippen LogP contribution in [0.3, 0.4) is 0 Å². The van der Waals surface area contributed by atoms with Gasteiger partial charge in [0.05, 0.1) is 13.2 Å². The number of nitrogens with zero attached hydrogens (tertiary/aromatic N) is 2. The highest BCUT2D eigenvalue weighted by molar-refractivity contribution is 5.88. The molecule has 0 aliphatic heterocycles. The first-order valence-electron chi connectivity index (χ1n) is 7.81. The Bertz CT molecular complexity index is 1070. The summed E-state index contributed by atoms with van der Waals surface area (Å²) in [7, 11) is 0. The second kappa shape index (κ2) is 7.24. The molecule has 8 heteroatoms. The third-order valence-corrected chi connectivity index (χ3v) is 3.90. The molecule has 2 aromatic heterocycles. The van der Waals surface area contributed by atoms with Crippen molar-refractivity contribution in [1.82, 2.24) is 8.97 Å². The molecule has 0 saturated carbocycles. The Balaban J connectivity index is 1.82. The van der Waals surface area contributed by atoms with Crippen molar-refractivity contribution in [2.45, 2.75) is 13.2 Å². The fraction of sp³-hybridized carbons (Fsp3) is 0.167. The van der Waals surface area contributed by atoms with Crippen molar-refractivity contribution in [3.05, 3.63) is 80.6 Å². The molecule has 3 rings (SSSR count). The number of ether oxygens (including phenoxy) is 1. The quantitative estimate of drug-likeness (QED) is 0.640. The number of carboxylic acids is 1. The first-order valence-corrected chi connectivity index (χ1v) is 7.81. The molecule has 0 bridgehead atoms. The van der Waals surface area contributed by atoms with Crippen LogP contribution >= 0.6 is 0 Å². The topological polar surface area (TPSA) is 110 Å². The molecule has 0 aliphatic carbocycles. The Kier molecular flexibility index (Phi) is 4.85. The van der Waals surface area contributed by atoms with E-state index in [1.807, 2.05) is 30.3 Å². The highest BCUT2D eigenvalue weighted by atomic mass is 16.5. The molecule has 0 amide bonds. The predicted octanol–water partition coefficient (Wildman–Crippen LogP) is 1.08. The number of aromatic hydroxyl groups is 1. The van der Waals surface area contributed by atoms with Crippen molar-refractivity contribution in [3.63, 3.8) is 0 Å². The largest absolute Gasteiger partial charge is 0.503 e. The van der Waals surface area contributed by atoms with Gasteiger partial charge in [0.15, 0.2) is 11.3 Å². The van der Waals surface area contributed by atoms with E-state index < -0.39 is 28.3 Å². The number of carbonyl (C=O) groups is 1. The summed E-state index contributed by atoms with van der Waals surface area (Å²) in [6.07, 6.45) is 3.85. The third-order valence-electron chi connectivity index (χ3n) is 3.90. The SMILES string of the molecule is O=C(O)c1cn2ccn(CCOCc3ccccc3)c(=O)c2c(O)c1=O. The van der Waals surface area contributed by atoms with E-state index in [0.29, 0.717) is 6.61 Å². The number of carboxylic acid groups (broad SMARTS) is 1. The third kappa shape index (κ3) is 3.35. The smallest absolute Gasteiger partial charge is 0.341 e. The predicted molar refractivity (Wildman–Crippen MR) is 92.6 cm³/mol. The molecule has 3 aromatic rings. The number of aromatic carboxylic acids is 1. The second-order valence-electron chi connectivity index (χ2n) is 5.62. The van der Waals surface area contributed by atoms with Crippen molar-refractivity contribution in [2.24, 2.45) is 0 Å². The zero-order valence-electron chi connectivity index (χ0n) is 13.7. The van der Waals surface area contributed by atoms with Crippen molar-refractivity contribution in [1.29, 1.82) is 0 Å². The van der Waals surface area contributed by atoms with E-state index in [-0.39, 0.29) is 18.7 Å². The molecule has 0 spiro atoms. The number of benzene rings is 1. The zero-order valence-corrected chi connectivity index (χ0v) is 13.7. The van der Waals surface area contributed by atoms with E-state index in [1.165, 1.54) is 17.0 Å². The molecular formula is C18H16N2O6. The highest BCUT2D eigenvalue weighted by Gasteiger charge is 2.18. The minimum atomic E-state index is -1.47. The van der Waals surface area contributed by atoms with E-state index in [0.717, 1.165) is 16.2 Å². The standard InChI is InChI=1S/C18H16N2O6/c21-15-13(18(24)25)10-20-7-6-19(17(23)14(20)16(15)22)8-9-26-11-12-4-2-1-3-5-12/h1-7,10,22H,8-9,11H2,(H,24,25). The van der Waals surface area contributed by atoms with Gasteiger partial charge in [-0.1, -0.05) is 30.3 Å². The molecule has 8 nitrogen and oxygen atoms in total. The van der Waals surface area contributed by atoms with Crippen LogP contribution in [0.15, 0.2) is 58.5 Å². The lowest BCUT2D eigenvalue weighted by atomic mass is 10.2. The molecule has 0 aliphatic rings. The van der Waals surface area contributed by atoms with Crippen LogP contribution in [0.1, 0.15) is 15.9 Å². The fourth-order valence-electron chi connectivity index (χ4n) is 2.56. The summed E-state index contributed by atoms with van der Waals surface area (Å²) in [6.45, 7) is 0.871. The van der Waals surface area contributed by atoms with Gasteiger partial charge in [0.2, 0.25) is 5.43 Å². The van der Waals surface area contributed by atoms with Gasteiger partial charge >= 0.3 is 5.97 Å². The van der Waals surface area contributed by atoms with Gasteiger partial charge in [0, 0.05) is 25.1 Å². The van der Waals surface area contributed by atoms with Gasteiger partial charge in [-0.05, 0) is 5.56 Å². The number of pyridine rings is 1. The summed E-state index contributed by atoms with van der Waals surface area (Å²) in [5.41, 5.74) is -1.58. The Hall–Kier alpha value is -3.39. The van der Waals surface area contributed by atoms with Gasteiger partial charge in [-0.25, -0.2) is 4.79 Å². The summed E-state index contributed by atoms with van der Waals surface area (Å²) in [6, 6.07) is 9.55. The van der Waals surface area contributed by atoms with E-state index >= 15 is 0 Å². The lowest BCUT2D eigenvalue weighted by molar-refractivity contribution is 0.0694. The van der Waals surface area contributed by atoms with E-state index in [9.17, 15) is 19.5 Å². The van der Waals surface area contributed by atoms with Crippen LogP contribution in [0.5, 0.6) is 5.75 Å². The van der Waals surface area contributed by atoms with Gasteiger partial charge in [0.25, 0.3) is 5.56 Å². The van der Waals surface area contributed by atoms with Crippen molar-refractivity contribution >= 4 is 11.5 Å². The van der Waals surface area contributed by atoms with E-state index in [4.69, 9.17) is 9.84 Å². The second-order valence-corrected chi connectivity index (χ2v) is 5.62. The van der Waals surface area contributed by atoms with Crippen LogP contribution in [0.25, 0.3) is 5.52 Å². The number of hydrogen-bond acceptors (Lipinski definition) is 5. The molecule has 0 atom stereocenters. The van der Waals surface area contributed by atoms with Crippen molar-refractivity contribution in [2.75, 3.05) is 6.61 Å². The van der Waals surface area contributed by atoms with Crippen molar-refractivity contribution < 1.29 is 19.7 Å². The van der Waals surface area contributed by atoms with Gasteiger partial charge < -0.3 is 23.9 Å². The molecular weight excluding hydrogens is 340 g/mol. The number of aromatic nitrogens is 2. The monoisotopic (exact) mass is 356 g/mol. The van der Waals surface area contributed by atoms with Crippen molar-refractivity contribution in [3.8, 4) is 5.75 Å². The summed E-state index contributed by atoms with van der Waals surface area (Å²) in [5.74, 6) is -2.35. The first-order chi connectivity index (χ1) is 12.5. The van der Waals surface area contributed by atoms with Crippen LogP contribution in [-0.4, -0.2) is 31.8 Å². The summed E-state index contributed by atoms with van der Waals surface area (Å²) in [5, 5.41) is 19.0. The average Bonchev–Trinajstić information content (AvgIpc) is 2.63. The van der Waals surface area contributed by atoms with E-state index in [2.05, 4.69) is 0 Å². The first kappa shape index (κ1) is 17.4. The minimum absolute atomic E-state index is 0.219. The summed E-state index contributed by atoms with van der Waals surface area (Å²) < 4.78 is 7.95. The van der Waals surface area contributed by atoms with Crippen LogP contribution in [0, 0.1) is 0 Å². The summed E-state index contributed by atoms with van der Waals surface area (Å²) >= 11 is 0. The molecule has 134 valence electrons. The molecule has 26 heavy (non-hydrogen) atoms. The maximum Gasteiger partial charge on any atom is 0.341 e. The molecule has 0 fully saturated rings. The maximum absolute atomic E-state index is 12.5. The normalized spacial score (nSPS) is 10.9. The number of hydrogen-bond donors (Lipinski definition) is 2. The van der Waals surface area contributed by atoms with Crippen LogP contribution in [0.2, 0.25) is 0 Å². The minimum Gasteiger partial charge on any atom is -0.503 e. The number of fused-ring (bicyclic) bond motifs is 1. The Morgan fingerprint density at radius 1 is 1.12 bits per heavy atom. The molecule has 0 unspecified atom stereocenters. The fourth-order valence-corrected chi connectivity index (χ4v) is 2.56. The highest BCUT2D eigenvalue weighted by Crippen LogP contribution is 2.11. The van der Waals surface area contributed by atoms with Crippen LogP contribution < -0.4 is 11.0 Å². The molecule has 0 saturated heterocycles. The molecule has 2 N–H and O–H groups in total. The lowest BCUT2D eigenvalue weighted by Crippen LogP contribution is -2.27. The Morgan fingerprint density at radius 2 is 1.85 bits per heavy atom. The lowest BCUT2D eigenvalue weighted by Gasteiger charge is -2.10. The maximum atomic E-state index is 12.5. The molecule has 1 aromatic carbocycles. The number of rotatable bonds is 6. The van der Waals surface area contributed by atoms with Crippen LogP contribution in [-0.2, 0) is 17.9 Å². The Morgan fingerprint density at radius 3 is 2.54 bits per heavy atom. The van der Waals surface area contributed by atoms with Gasteiger partial charge in [0.1, 0.15) is 5.56 Å². The average molecular weight is 356 g/mol. The van der Waals surface area contributed by atoms with Gasteiger partial charge in [-0.3, -0.25) is 9.59 Å². The zero-order chi connectivity index (χ0) is 18.7. The van der Waals surface area contributed by atoms with Gasteiger partial charge in [-0.2, -0.15) is 0 Å². The molecule has 0 radical (unpaired) electrons. The molecule has 2 heterocycles. The summed E-state index contributed by atoms with van der Waals surface area (Å²) in [4.78, 5) is 35.4. The van der Waals surface area contributed by atoms with E-state index in [1.54, 1.807) is 0 Å².